The zero-order valence-electron chi connectivity index (χ0n) is 9.93. The quantitative estimate of drug-likeness (QED) is 0.686. The van der Waals surface area contributed by atoms with E-state index in [0.717, 1.165) is 9.80 Å². The molecule has 0 atom stereocenters. The number of halogens is 3. The fourth-order valence-electron chi connectivity index (χ4n) is 2.01. The summed E-state index contributed by atoms with van der Waals surface area (Å²) in [4.78, 5) is 3.24. The molecule has 9 heteroatoms. The van der Waals surface area contributed by atoms with Crippen molar-refractivity contribution in [2.75, 3.05) is 33.0 Å². The van der Waals surface area contributed by atoms with E-state index in [0.29, 0.717) is 0 Å². The van der Waals surface area contributed by atoms with E-state index in [2.05, 4.69) is 0 Å². The summed E-state index contributed by atoms with van der Waals surface area (Å²) < 4.78 is 39.0. The highest BCUT2D eigenvalue weighted by Crippen LogP contribution is 2.30. The van der Waals surface area contributed by atoms with Crippen LogP contribution >= 0.6 is 0 Å². The first-order valence-electron chi connectivity index (χ1n) is 5.32. The van der Waals surface area contributed by atoms with E-state index >= 15 is 0 Å². The molecule has 0 aromatic carbocycles. The third-order valence-corrected chi connectivity index (χ3v) is 2.59. The van der Waals surface area contributed by atoms with Crippen LogP contribution in [0, 0.1) is 34.0 Å². The van der Waals surface area contributed by atoms with Gasteiger partial charge in [0.25, 0.3) is 0 Å². The molecule has 0 aromatic rings. The minimum atomic E-state index is -4.56. The second-order valence-corrected chi connectivity index (χ2v) is 4.00. The maximum absolute atomic E-state index is 13.0. The SMILES string of the molecule is N#CCN1CN(CC#N)C(C(F)(F)F)N(CC#N)C1. The average molecular weight is 272 g/mol. The minimum Gasteiger partial charge on any atom is -0.264 e. The van der Waals surface area contributed by atoms with Gasteiger partial charge in [-0.05, 0) is 0 Å². The Morgan fingerprint density at radius 2 is 1.32 bits per heavy atom. The summed E-state index contributed by atoms with van der Waals surface area (Å²) in [5.41, 5.74) is 0. The van der Waals surface area contributed by atoms with Crippen molar-refractivity contribution in [3.8, 4) is 18.2 Å². The molecular weight excluding hydrogens is 261 g/mol. The second kappa shape index (κ2) is 6.35. The molecule has 1 heterocycles. The molecule has 0 amide bonds. The van der Waals surface area contributed by atoms with Crippen LogP contribution in [-0.2, 0) is 0 Å². The fourth-order valence-corrected chi connectivity index (χ4v) is 2.01. The van der Waals surface area contributed by atoms with Crippen molar-refractivity contribution in [1.29, 1.82) is 15.8 Å². The molecule has 1 rings (SSSR count). The van der Waals surface area contributed by atoms with E-state index < -0.39 is 25.4 Å². The number of hydrogen-bond donors (Lipinski definition) is 0. The molecular formula is C10H11F3N6. The monoisotopic (exact) mass is 272 g/mol. The first kappa shape index (κ1) is 15.2. The summed E-state index contributed by atoms with van der Waals surface area (Å²) in [5.74, 6) is 0. The van der Waals surface area contributed by atoms with Crippen LogP contribution < -0.4 is 0 Å². The Morgan fingerprint density at radius 1 is 0.895 bits per heavy atom. The van der Waals surface area contributed by atoms with Crippen LogP contribution in [0.1, 0.15) is 0 Å². The van der Waals surface area contributed by atoms with Gasteiger partial charge in [0.2, 0.25) is 0 Å². The lowest BCUT2D eigenvalue weighted by molar-refractivity contribution is -0.249. The van der Waals surface area contributed by atoms with Gasteiger partial charge in [-0.25, -0.2) is 0 Å². The summed E-state index contributed by atoms with van der Waals surface area (Å²) >= 11 is 0. The first-order valence-corrected chi connectivity index (χ1v) is 5.32. The topological polar surface area (TPSA) is 81.1 Å². The number of nitriles is 3. The largest absolute Gasteiger partial charge is 0.417 e. The molecule has 0 N–H and O–H groups in total. The fraction of sp³-hybridized carbons (Fsp3) is 0.700. The van der Waals surface area contributed by atoms with Crippen molar-refractivity contribution in [2.45, 2.75) is 12.3 Å². The van der Waals surface area contributed by atoms with Crippen LogP contribution in [0.2, 0.25) is 0 Å². The lowest BCUT2D eigenvalue weighted by Crippen LogP contribution is -2.66. The molecule has 1 saturated heterocycles. The van der Waals surface area contributed by atoms with Crippen molar-refractivity contribution >= 4 is 0 Å². The van der Waals surface area contributed by atoms with E-state index in [1.165, 1.54) is 4.90 Å². The van der Waals surface area contributed by atoms with Crippen LogP contribution in [0.25, 0.3) is 0 Å². The van der Waals surface area contributed by atoms with Gasteiger partial charge in [-0.2, -0.15) is 29.0 Å². The Bertz CT molecular complexity index is 403. The maximum atomic E-state index is 13.0. The lowest BCUT2D eigenvalue weighted by Gasteiger charge is -2.46. The number of rotatable bonds is 3. The highest BCUT2D eigenvalue weighted by molar-refractivity contribution is 4.93. The van der Waals surface area contributed by atoms with E-state index in [4.69, 9.17) is 15.8 Å². The summed E-state index contributed by atoms with van der Waals surface area (Å²) in [6.07, 6.45) is -6.53. The van der Waals surface area contributed by atoms with Crippen molar-refractivity contribution in [3.05, 3.63) is 0 Å². The molecule has 1 aliphatic rings. The lowest BCUT2D eigenvalue weighted by atomic mass is 10.3. The van der Waals surface area contributed by atoms with Gasteiger partial charge < -0.3 is 0 Å². The molecule has 1 aliphatic heterocycles. The number of alkyl halides is 3. The van der Waals surface area contributed by atoms with Crippen molar-refractivity contribution in [3.63, 3.8) is 0 Å². The molecule has 0 bridgehead atoms. The Hall–Kier alpha value is -1.86. The van der Waals surface area contributed by atoms with Crippen LogP contribution in [0.5, 0.6) is 0 Å². The third-order valence-electron chi connectivity index (χ3n) is 2.59. The molecule has 6 nitrogen and oxygen atoms in total. The van der Waals surface area contributed by atoms with E-state index in [1.807, 2.05) is 6.07 Å². The maximum Gasteiger partial charge on any atom is 0.417 e. The molecule has 0 unspecified atom stereocenters. The zero-order valence-corrected chi connectivity index (χ0v) is 9.93. The molecule has 0 saturated carbocycles. The van der Waals surface area contributed by atoms with Gasteiger partial charge >= 0.3 is 6.18 Å². The Kier molecular flexibility index (Phi) is 5.08. The van der Waals surface area contributed by atoms with Crippen LogP contribution in [0.4, 0.5) is 13.2 Å². The van der Waals surface area contributed by atoms with Crippen LogP contribution in [0.15, 0.2) is 0 Å². The highest BCUT2D eigenvalue weighted by Gasteiger charge is 2.50. The number of hydrogen-bond acceptors (Lipinski definition) is 6. The predicted molar refractivity (Wildman–Crippen MR) is 56.5 cm³/mol. The van der Waals surface area contributed by atoms with Crippen LogP contribution in [-0.4, -0.2) is 60.0 Å². The van der Waals surface area contributed by atoms with Gasteiger partial charge in [0, 0.05) is 0 Å². The van der Waals surface area contributed by atoms with Gasteiger partial charge in [0.15, 0.2) is 6.17 Å². The molecule has 102 valence electrons. The zero-order chi connectivity index (χ0) is 14.5. The van der Waals surface area contributed by atoms with E-state index in [9.17, 15) is 13.2 Å². The first-order chi connectivity index (χ1) is 8.93. The molecule has 0 radical (unpaired) electrons. The normalized spacial score (nSPS) is 19.6. The Morgan fingerprint density at radius 3 is 1.63 bits per heavy atom. The van der Waals surface area contributed by atoms with Gasteiger partial charge in [-0.1, -0.05) is 0 Å². The summed E-state index contributed by atoms with van der Waals surface area (Å²) in [6, 6.07) is 5.19. The van der Waals surface area contributed by atoms with E-state index in [-0.39, 0.29) is 19.9 Å². The smallest absolute Gasteiger partial charge is 0.264 e. The second-order valence-electron chi connectivity index (χ2n) is 4.00. The van der Waals surface area contributed by atoms with E-state index in [1.54, 1.807) is 12.1 Å². The average Bonchev–Trinajstić information content (AvgIpc) is 2.28. The Balaban J connectivity index is 2.98. The summed E-state index contributed by atoms with van der Waals surface area (Å²) in [5, 5.41) is 25.8. The molecule has 0 aliphatic carbocycles. The van der Waals surface area contributed by atoms with Gasteiger partial charge in [-0.15, -0.1) is 0 Å². The summed E-state index contributed by atoms with van der Waals surface area (Å²) in [7, 11) is 0. The van der Waals surface area contributed by atoms with Crippen LogP contribution in [0.3, 0.4) is 0 Å². The van der Waals surface area contributed by atoms with Gasteiger partial charge in [0.1, 0.15) is 0 Å². The molecule has 0 aromatic heterocycles. The standard InChI is InChI=1S/C10H11F3N6/c11-10(12,13)9-18(5-2-15)7-17(4-1-14)8-19(9)6-3-16/h9H,4-8H2. The predicted octanol–water partition coefficient (Wildman–Crippen LogP) is 0.280. The number of nitrogens with zero attached hydrogens (tertiary/aromatic N) is 6. The third kappa shape index (κ3) is 3.80. The van der Waals surface area contributed by atoms with Crippen molar-refractivity contribution in [1.82, 2.24) is 14.7 Å². The van der Waals surface area contributed by atoms with Gasteiger partial charge in [-0.3, -0.25) is 14.7 Å². The molecule has 0 spiro atoms. The summed E-state index contributed by atoms with van der Waals surface area (Å²) in [6.45, 7) is -1.17. The van der Waals surface area contributed by atoms with Crippen molar-refractivity contribution in [2.24, 2.45) is 0 Å². The van der Waals surface area contributed by atoms with Crippen molar-refractivity contribution < 1.29 is 13.2 Å². The molecule has 1 fully saturated rings. The van der Waals surface area contributed by atoms with Gasteiger partial charge in [0.05, 0.1) is 51.2 Å². The minimum absolute atomic E-state index is 0.0611. The Labute approximate surface area is 108 Å². The molecule has 19 heavy (non-hydrogen) atoms. The highest BCUT2D eigenvalue weighted by atomic mass is 19.4.